The number of nitrogens with zero attached hydrogens (tertiary/aromatic N) is 2. The van der Waals surface area contributed by atoms with Gasteiger partial charge in [-0.15, -0.1) is 12.4 Å². The van der Waals surface area contributed by atoms with Crippen LogP contribution in [0.25, 0.3) is 11.3 Å². The highest BCUT2D eigenvalue weighted by molar-refractivity contribution is 5.94. The number of hydrogen-bond donors (Lipinski definition) is 1. The molecule has 1 N–H and O–H groups in total. The first kappa shape index (κ1) is 18.0. The lowest BCUT2D eigenvalue weighted by Crippen LogP contribution is -2.31. The molecule has 6 nitrogen and oxygen atoms in total. The first-order valence-corrected chi connectivity index (χ1v) is 7.84. The van der Waals surface area contributed by atoms with Crippen molar-refractivity contribution in [2.45, 2.75) is 25.7 Å². The van der Waals surface area contributed by atoms with E-state index in [1.54, 1.807) is 30.3 Å². The van der Waals surface area contributed by atoms with Crippen molar-refractivity contribution in [3.05, 3.63) is 52.3 Å². The molecule has 0 atom stereocenters. The predicted octanol–water partition coefficient (Wildman–Crippen LogP) is 4.48. The van der Waals surface area contributed by atoms with E-state index in [0.29, 0.717) is 22.9 Å². The first-order chi connectivity index (χ1) is 11.2. The number of nitro benzene ring substituents is 1. The summed E-state index contributed by atoms with van der Waals surface area (Å²) in [6, 6.07) is 9.91. The van der Waals surface area contributed by atoms with Crippen molar-refractivity contribution in [1.82, 2.24) is 4.90 Å². The predicted molar refractivity (Wildman–Crippen MR) is 94.9 cm³/mol. The minimum Gasteiger partial charge on any atom is -0.453 e. The third-order valence-electron chi connectivity index (χ3n) is 4.13. The molecule has 0 amide bonds. The van der Waals surface area contributed by atoms with Crippen LogP contribution >= 0.6 is 12.4 Å². The van der Waals surface area contributed by atoms with E-state index in [9.17, 15) is 10.1 Å². The number of amidine groups is 1. The molecule has 0 saturated carbocycles. The molecule has 0 spiro atoms. The van der Waals surface area contributed by atoms with E-state index in [1.165, 1.54) is 18.9 Å². The Morgan fingerprint density at radius 1 is 1.08 bits per heavy atom. The van der Waals surface area contributed by atoms with E-state index in [0.717, 1.165) is 25.9 Å². The Hall–Kier alpha value is -2.34. The molecule has 1 saturated heterocycles. The van der Waals surface area contributed by atoms with Gasteiger partial charge in [0.2, 0.25) is 0 Å². The number of benzene rings is 1. The molecule has 3 rings (SSSR count). The third kappa shape index (κ3) is 3.76. The zero-order chi connectivity index (χ0) is 16.2. The van der Waals surface area contributed by atoms with Gasteiger partial charge in [0, 0.05) is 19.2 Å². The van der Waals surface area contributed by atoms with Crippen molar-refractivity contribution in [2.24, 2.45) is 0 Å². The average Bonchev–Trinajstić information content (AvgIpc) is 2.89. The Morgan fingerprint density at radius 2 is 1.75 bits per heavy atom. The molecule has 7 heteroatoms. The van der Waals surface area contributed by atoms with E-state index in [2.05, 4.69) is 0 Å². The summed E-state index contributed by atoms with van der Waals surface area (Å²) >= 11 is 0. The van der Waals surface area contributed by atoms with E-state index < -0.39 is 4.92 Å². The lowest BCUT2D eigenvalue weighted by Gasteiger charge is -2.21. The number of furan rings is 1. The highest BCUT2D eigenvalue weighted by Gasteiger charge is 2.20. The Balaban J connectivity index is 0.00000208. The van der Waals surface area contributed by atoms with Crippen molar-refractivity contribution in [1.29, 1.82) is 5.41 Å². The summed E-state index contributed by atoms with van der Waals surface area (Å²) < 4.78 is 5.75. The van der Waals surface area contributed by atoms with Gasteiger partial charge in [-0.25, -0.2) is 0 Å². The third-order valence-corrected chi connectivity index (χ3v) is 4.13. The molecule has 128 valence electrons. The van der Waals surface area contributed by atoms with Crippen LogP contribution in [0, 0.1) is 15.5 Å². The van der Waals surface area contributed by atoms with Crippen molar-refractivity contribution in [3.8, 4) is 11.3 Å². The molecular formula is C17H20ClN3O3. The van der Waals surface area contributed by atoms with Gasteiger partial charge in [0.1, 0.15) is 5.76 Å². The van der Waals surface area contributed by atoms with Crippen molar-refractivity contribution < 1.29 is 9.34 Å². The van der Waals surface area contributed by atoms with Crippen LogP contribution in [0.15, 0.2) is 40.8 Å². The van der Waals surface area contributed by atoms with Crippen LogP contribution in [0.3, 0.4) is 0 Å². The van der Waals surface area contributed by atoms with E-state index in [4.69, 9.17) is 9.83 Å². The molecule has 1 fully saturated rings. The van der Waals surface area contributed by atoms with Crippen molar-refractivity contribution in [2.75, 3.05) is 13.1 Å². The van der Waals surface area contributed by atoms with Crippen LogP contribution in [0.2, 0.25) is 0 Å². The van der Waals surface area contributed by atoms with Crippen LogP contribution in [0.5, 0.6) is 0 Å². The average molecular weight is 350 g/mol. The van der Waals surface area contributed by atoms with Gasteiger partial charge < -0.3 is 9.32 Å². The topological polar surface area (TPSA) is 83.4 Å². The largest absolute Gasteiger partial charge is 0.453 e. The normalized spacial score (nSPS) is 14.6. The van der Waals surface area contributed by atoms with E-state index in [-0.39, 0.29) is 18.1 Å². The lowest BCUT2D eigenvalue weighted by molar-refractivity contribution is -0.384. The highest BCUT2D eigenvalue weighted by atomic mass is 35.5. The minimum atomic E-state index is -0.419. The summed E-state index contributed by atoms with van der Waals surface area (Å²) in [7, 11) is 0. The molecule has 24 heavy (non-hydrogen) atoms. The number of halogens is 1. The first-order valence-electron chi connectivity index (χ1n) is 7.84. The molecule has 1 aromatic carbocycles. The van der Waals surface area contributed by atoms with E-state index in [1.807, 2.05) is 4.90 Å². The maximum atomic E-state index is 11.1. The van der Waals surface area contributed by atoms with Gasteiger partial charge in [-0.05, 0) is 31.0 Å². The second-order valence-corrected chi connectivity index (χ2v) is 5.69. The minimum absolute atomic E-state index is 0. The van der Waals surface area contributed by atoms with Crippen LogP contribution in [-0.2, 0) is 0 Å². The molecule has 0 radical (unpaired) electrons. The fourth-order valence-corrected chi connectivity index (χ4v) is 2.90. The summed E-state index contributed by atoms with van der Waals surface area (Å²) in [4.78, 5) is 12.7. The molecule has 1 aliphatic rings. The fraction of sp³-hybridized carbons (Fsp3) is 0.353. The van der Waals surface area contributed by atoms with Crippen LogP contribution < -0.4 is 0 Å². The summed E-state index contributed by atoms with van der Waals surface area (Å²) in [6.45, 7) is 1.72. The summed E-state index contributed by atoms with van der Waals surface area (Å²) in [5.74, 6) is 1.24. The quantitative estimate of drug-likeness (QED) is 0.383. The van der Waals surface area contributed by atoms with Gasteiger partial charge in [-0.3, -0.25) is 15.5 Å². The van der Waals surface area contributed by atoms with Crippen LogP contribution in [0.4, 0.5) is 5.69 Å². The number of nitrogens with one attached hydrogen (secondary N) is 1. The number of rotatable bonds is 3. The Labute approximate surface area is 146 Å². The Morgan fingerprint density at radius 3 is 2.42 bits per heavy atom. The van der Waals surface area contributed by atoms with Gasteiger partial charge in [0.15, 0.2) is 11.6 Å². The molecule has 0 unspecified atom stereocenters. The van der Waals surface area contributed by atoms with E-state index >= 15 is 0 Å². The van der Waals surface area contributed by atoms with Crippen LogP contribution in [-0.4, -0.2) is 28.7 Å². The number of hydrogen-bond acceptors (Lipinski definition) is 4. The van der Waals surface area contributed by atoms with Gasteiger partial charge >= 0.3 is 0 Å². The number of nitro groups is 1. The monoisotopic (exact) mass is 349 g/mol. The summed E-state index contributed by atoms with van der Waals surface area (Å²) in [6.07, 6.45) is 4.56. The molecule has 2 aromatic rings. The van der Waals surface area contributed by atoms with Gasteiger partial charge in [0.25, 0.3) is 5.69 Å². The zero-order valence-electron chi connectivity index (χ0n) is 13.2. The molecule has 0 bridgehead atoms. The highest BCUT2D eigenvalue weighted by Crippen LogP contribution is 2.31. The summed E-state index contributed by atoms with van der Waals surface area (Å²) in [5, 5.41) is 19.5. The second kappa shape index (κ2) is 7.97. The maximum absolute atomic E-state index is 11.1. The second-order valence-electron chi connectivity index (χ2n) is 5.69. The Bertz CT molecular complexity index is 721. The Kier molecular flexibility index (Phi) is 5.98. The smallest absolute Gasteiger partial charge is 0.280 e. The molecule has 1 aromatic heterocycles. The molecular weight excluding hydrogens is 330 g/mol. The van der Waals surface area contributed by atoms with Crippen molar-refractivity contribution >= 4 is 23.9 Å². The fourth-order valence-electron chi connectivity index (χ4n) is 2.90. The zero-order valence-corrected chi connectivity index (χ0v) is 14.1. The number of likely N-dealkylation sites (tertiary alicyclic amines) is 1. The SMILES string of the molecule is Cl.N=C(c1ccc(-c2ccccc2[N+](=O)[O-])o1)N1CCCCCC1. The molecule has 1 aliphatic heterocycles. The van der Waals surface area contributed by atoms with Crippen LogP contribution in [0.1, 0.15) is 31.4 Å². The standard InChI is InChI=1S/C17H19N3O3.ClH/c18-17(19-11-5-1-2-6-12-19)16-10-9-15(23-16)13-7-3-4-8-14(13)20(21)22;/h3-4,7-10,18H,1-2,5-6,11-12H2;1H. The number of para-hydroxylation sites is 1. The summed E-state index contributed by atoms with van der Waals surface area (Å²) in [5.41, 5.74) is 0.446. The maximum Gasteiger partial charge on any atom is 0.280 e. The van der Waals surface area contributed by atoms with Gasteiger partial charge in [0.05, 0.1) is 10.5 Å². The lowest BCUT2D eigenvalue weighted by atomic mass is 10.1. The van der Waals surface area contributed by atoms with Crippen molar-refractivity contribution in [3.63, 3.8) is 0 Å². The van der Waals surface area contributed by atoms with Gasteiger partial charge in [-0.1, -0.05) is 25.0 Å². The van der Waals surface area contributed by atoms with Gasteiger partial charge in [-0.2, -0.15) is 0 Å². The molecule has 2 heterocycles. The molecule has 0 aliphatic carbocycles.